The number of phenolic OH excluding ortho intramolecular Hbond substituents is 1. The summed E-state index contributed by atoms with van der Waals surface area (Å²) < 4.78 is 0. The molecule has 3 aromatic rings. The van der Waals surface area contributed by atoms with Gasteiger partial charge in [0.05, 0.1) is 5.69 Å². The second kappa shape index (κ2) is 8.52. The fraction of sp³-hybridized carbons (Fsp3) is 0.158. The van der Waals surface area contributed by atoms with E-state index >= 15 is 0 Å². The first-order chi connectivity index (χ1) is 13.1. The molecular formula is C19H21N5O2S. The van der Waals surface area contributed by atoms with Crippen LogP contribution in [0.15, 0.2) is 55.4 Å². The largest absolute Gasteiger partial charge is 0.506 e. The molecule has 0 aliphatic carbocycles. The number of H-pyrrole nitrogens is 1. The van der Waals surface area contributed by atoms with Crippen LogP contribution in [-0.2, 0) is 13.1 Å². The van der Waals surface area contributed by atoms with Crippen molar-refractivity contribution < 1.29 is 10.2 Å². The van der Waals surface area contributed by atoms with Crippen LogP contribution in [0.4, 0.5) is 5.69 Å². The van der Waals surface area contributed by atoms with Crippen LogP contribution in [0.5, 0.6) is 5.75 Å². The van der Waals surface area contributed by atoms with Crippen molar-refractivity contribution in [2.45, 2.75) is 19.3 Å². The quantitative estimate of drug-likeness (QED) is 0.161. The van der Waals surface area contributed by atoms with E-state index in [0.29, 0.717) is 23.9 Å². The van der Waals surface area contributed by atoms with Crippen LogP contribution in [0.3, 0.4) is 0 Å². The van der Waals surface area contributed by atoms with E-state index in [-0.39, 0.29) is 5.75 Å². The molecule has 0 fully saturated rings. The Bertz CT molecular complexity index is 956. The number of aromatic amines is 1. The molecule has 0 radical (unpaired) electrons. The lowest BCUT2D eigenvalue weighted by Gasteiger charge is -2.14. The minimum atomic E-state index is -0.938. The number of aromatic nitrogens is 2. The molecule has 0 aliphatic rings. The Morgan fingerprint density at radius 1 is 1.26 bits per heavy atom. The number of anilines is 1. The molecule has 140 valence electrons. The van der Waals surface area contributed by atoms with Gasteiger partial charge in [0, 0.05) is 30.9 Å². The number of aliphatic hydroxyl groups excluding tert-OH is 1. The highest BCUT2D eigenvalue weighted by molar-refractivity contribution is 7.80. The number of thiocarbonyl (C=S) groups is 1. The van der Waals surface area contributed by atoms with Crippen molar-refractivity contribution in [3.8, 4) is 5.75 Å². The topological polar surface area (TPSA) is 105 Å². The number of aliphatic hydroxyl groups is 1. The van der Waals surface area contributed by atoms with Crippen molar-refractivity contribution in [1.82, 2.24) is 20.6 Å². The fourth-order valence-corrected chi connectivity index (χ4v) is 2.76. The zero-order chi connectivity index (χ0) is 19.2. The lowest BCUT2D eigenvalue weighted by molar-refractivity contribution is 0.252. The molecule has 8 heteroatoms. The Morgan fingerprint density at radius 3 is 2.89 bits per heavy atom. The third-order valence-electron chi connectivity index (χ3n) is 4.03. The second-order valence-electron chi connectivity index (χ2n) is 5.92. The third-order valence-corrected chi connectivity index (χ3v) is 4.32. The summed E-state index contributed by atoms with van der Waals surface area (Å²) >= 11 is 5.34. The molecule has 1 aromatic carbocycles. The van der Waals surface area contributed by atoms with Crippen molar-refractivity contribution in [1.29, 1.82) is 0 Å². The van der Waals surface area contributed by atoms with Crippen LogP contribution < -0.4 is 16.0 Å². The molecule has 0 amide bonds. The van der Waals surface area contributed by atoms with Crippen LogP contribution in [0.2, 0.25) is 0 Å². The Kier molecular flexibility index (Phi) is 5.90. The average molecular weight is 383 g/mol. The van der Waals surface area contributed by atoms with Gasteiger partial charge in [0.25, 0.3) is 0 Å². The van der Waals surface area contributed by atoms with E-state index in [1.165, 1.54) is 6.08 Å². The zero-order valence-corrected chi connectivity index (χ0v) is 15.4. The van der Waals surface area contributed by atoms with Crippen LogP contribution in [-0.4, -0.2) is 31.5 Å². The molecular weight excluding hydrogens is 362 g/mol. The van der Waals surface area contributed by atoms with Crippen molar-refractivity contribution in [3.63, 3.8) is 0 Å². The van der Waals surface area contributed by atoms with Crippen LogP contribution in [0.25, 0.3) is 11.0 Å². The normalized spacial score (nSPS) is 11.7. The van der Waals surface area contributed by atoms with E-state index in [9.17, 15) is 10.2 Å². The highest BCUT2D eigenvalue weighted by Gasteiger charge is 2.07. The van der Waals surface area contributed by atoms with Gasteiger partial charge < -0.3 is 31.1 Å². The Labute approximate surface area is 162 Å². The smallest absolute Gasteiger partial charge is 0.166 e. The molecule has 27 heavy (non-hydrogen) atoms. The lowest BCUT2D eigenvalue weighted by atomic mass is 10.2. The van der Waals surface area contributed by atoms with Crippen molar-refractivity contribution in [2.75, 3.05) is 5.32 Å². The molecule has 0 aliphatic heterocycles. The van der Waals surface area contributed by atoms with Gasteiger partial charge in [-0.2, -0.15) is 0 Å². The van der Waals surface area contributed by atoms with Crippen molar-refractivity contribution >= 4 is 34.1 Å². The van der Waals surface area contributed by atoms with Gasteiger partial charge in [-0.15, -0.1) is 0 Å². The molecule has 7 nitrogen and oxygen atoms in total. The number of hydrogen-bond donors (Lipinski definition) is 6. The number of aromatic hydroxyl groups is 1. The zero-order valence-electron chi connectivity index (χ0n) is 14.6. The van der Waals surface area contributed by atoms with Gasteiger partial charge in [0.1, 0.15) is 17.6 Å². The minimum absolute atomic E-state index is 0.0496. The summed E-state index contributed by atoms with van der Waals surface area (Å²) in [4.78, 5) is 7.35. The maximum atomic E-state index is 9.86. The summed E-state index contributed by atoms with van der Waals surface area (Å²) in [6.07, 6.45) is 4.02. The maximum absolute atomic E-state index is 9.86. The number of nitrogens with zero attached hydrogens (tertiary/aromatic N) is 1. The van der Waals surface area contributed by atoms with Gasteiger partial charge in [0.2, 0.25) is 0 Å². The number of nitrogens with one attached hydrogen (secondary N) is 4. The predicted molar refractivity (Wildman–Crippen MR) is 110 cm³/mol. The van der Waals surface area contributed by atoms with E-state index in [1.807, 2.05) is 18.3 Å². The van der Waals surface area contributed by atoms with Crippen LogP contribution >= 0.6 is 12.2 Å². The number of fused-ring (bicyclic) bond motifs is 1. The summed E-state index contributed by atoms with van der Waals surface area (Å²) in [5.41, 5.74) is 3.26. The number of hydrogen-bond acceptors (Lipinski definition) is 5. The maximum Gasteiger partial charge on any atom is 0.166 e. The van der Waals surface area contributed by atoms with E-state index in [4.69, 9.17) is 12.2 Å². The Balaban J connectivity index is 1.55. The van der Waals surface area contributed by atoms with Gasteiger partial charge >= 0.3 is 0 Å². The molecule has 0 saturated heterocycles. The lowest BCUT2D eigenvalue weighted by Crippen LogP contribution is -2.34. The average Bonchev–Trinajstić information content (AvgIpc) is 3.16. The molecule has 1 unspecified atom stereocenters. The second-order valence-corrected chi connectivity index (χ2v) is 6.33. The number of rotatable bonds is 7. The van der Waals surface area contributed by atoms with Gasteiger partial charge in [0.15, 0.2) is 5.11 Å². The van der Waals surface area contributed by atoms with E-state index in [1.54, 1.807) is 24.4 Å². The number of phenols is 1. The Morgan fingerprint density at radius 2 is 2.07 bits per heavy atom. The van der Waals surface area contributed by atoms with E-state index in [0.717, 1.165) is 22.2 Å². The molecule has 2 heterocycles. The number of benzene rings is 1. The molecule has 0 spiro atoms. The first-order valence-electron chi connectivity index (χ1n) is 8.38. The first-order valence-corrected chi connectivity index (χ1v) is 8.79. The molecule has 3 rings (SSSR count). The standard InChI is InChI=1S/C19H21N5O2S/c1-2-17(26)24-15-9-12(3-4-16(15)25)10-22-19(27)23-11-13-5-7-20-18-14(13)6-8-21-18/h2-9,17,24-26H,1,10-11H2,(H,20,21)(H2,22,23,27). The summed E-state index contributed by atoms with van der Waals surface area (Å²) in [6, 6.07) is 9.02. The molecule has 0 saturated carbocycles. The van der Waals surface area contributed by atoms with Crippen LogP contribution in [0.1, 0.15) is 11.1 Å². The summed E-state index contributed by atoms with van der Waals surface area (Å²) in [6.45, 7) is 4.54. The summed E-state index contributed by atoms with van der Waals surface area (Å²) in [5, 5.41) is 30.1. The minimum Gasteiger partial charge on any atom is -0.506 e. The highest BCUT2D eigenvalue weighted by Crippen LogP contribution is 2.24. The summed E-state index contributed by atoms with van der Waals surface area (Å²) in [5.74, 6) is 0.0496. The molecule has 6 N–H and O–H groups in total. The molecule has 0 bridgehead atoms. The first kappa shape index (κ1) is 18.7. The van der Waals surface area contributed by atoms with Crippen molar-refractivity contribution in [3.05, 3.63) is 66.5 Å². The van der Waals surface area contributed by atoms with Crippen LogP contribution in [0, 0.1) is 0 Å². The Hall–Kier alpha value is -3.10. The van der Waals surface area contributed by atoms with Gasteiger partial charge in [-0.05, 0) is 53.7 Å². The van der Waals surface area contributed by atoms with E-state index in [2.05, 4.69) is 32.5 Å². The summed E-state index contributed by atoms with van der Waals surface area (Å²) in [7, 11) is 0. The van der Waals surface area contributed by atoms with Crippen molar-refractivity contribution in [2.24, 2.45) is 0 Å². The predicted octanol–water partition coefficient (Wildman–Crippen LogP) is 2.35. The van der Waals surface area contributed by atoms with E-state index < -0.39 is 6.23 Å². The monoisotopic (exact) mass is 383 g/mol. The molecule has 1 atom stereocenters. The van der Waals surface area contributed by atoms with Gasteiger partial charge in [-0.25, -0.2) is 4.98 Å². The fourth-order valence-electron chi connectivity index (χ4n) is 2.62. The number of pyridine rings is 1. The highest BCUT2D eigenvalue weighted by atomic mass is 32.1. The molecule has 2 aromatic heterocycles. The SMILES string of the molecule is C=CC(O)Nc1cc(CNC(=S)NCc2ccnc3[nH]ccc23)ccc1O. The van der Waals surface area contributed by atoms with Gasteiger partial charge in [-0.3, -0.25) is 0 Å². The third kappa shape index (κ3) is 4.75. The van der Waals surface area contributed by atoms with Gasteiger partial charge in [-0.1, -0.05) is 12.6 Å².